The van der Waals surface area contributed by atoms with Crippen LogP contribution in [0, 0.1) is 0 Å². The molecule has 3 nitrogen and oxygen atoms in total. The van der Waals surface area contributed by atoms with E-state index in [0.717, 1.165) is 12.3 Å². The van der Waals surface area contributed by atoms with Crippen LogP contribution in [-0.2, 0) is 6.54 Å². The summed E-state index contributed by atoms with van der Waals surface area (Å²) in [5, 5.41) is 0. The molecule has 1 aliphatic rings. The Kier molecular flexibility index (Phi) is 1.43. The smallest absolute Gasteiger partial charge is 0.180 e. The number of aromatic nitrogens is 1. The van der Waals surface area contributed by atoms with Crippen molar-refractivity contribution in [2.45, 2.75) is 13.0 Å². The molecule has 10 heavy (non-hydrogen) atoms. The second kappa shape index (κ2) is 2.42. The summed E-state index contributed by atoms with van der Waals surface area (Å²) in [6.45, 7) is 3.35. The standard InChI is InChI=1S/C7H10N2O/c1-2-9(3-1)5-7-4-8-6-10-7/h4,6H,1-3,5H2. The van der Waals surface area contributed by atoms with Crippen LogP contribution in [0.4, 0.5) is 0 Å². The van der Waals surface area contributed by atoms with E-state index < -0.39 is 0 Å². The van der Waals surface area contributed by atoms with E-state index in [2.05, 4.69) is 9.88 Å². The molecular formula is C7H10N2O. The predicted octanol–water partition coefficient (Wildman–Crippen LogP) is 0.880. The number of hydrogen-bond donors (Lipinski definition) is 0. The van der Waals surface area contributed by atoms with Crippen molar-refractivity contribution in [1.29, 1.82) is 0 Å². The molecule has 1 aliphatic heterocycles. The monoisotopic (exact) mass is 138 g/mol. The Morgan fingerprint density at radius 3 is 3.00 bits per heavy atom. The van der Waals surface area contributed by atoms with Crippen LogP contribution in [0.15, 0.2) is 17.0 Å². The Morgan fingerprint density at radius 2 is 2.50 bits per heavy atom. The molecule has 0 radical (unpaired) electrons. The van der Waals surface area contributed by atoms with Gasteiger partial charge in [-0.1, -0.05) is 0 Å². The van der Waals surface area contributed by atoms with Crippen molar-refractivity contribution in [3.63, 3.8) is 0 Å². The zero-order valence-corrected chi connectivity index (χ0v) is 5.79. The number of rotatable bonds is 2. The molecular weight excluding hydrogens is 128 g/mol. The van der Waals surface area contributed by atoms with Crippen LogP contribution >= 0.6 is 0 Å². The highest BCUT2D eigenvalue weighted by molar-refractivity contribution is 4.89. The summed E-state index contributed by atoms with van der Waals surface area (Å²) in [5.74, 6) is 0.972. The molecule has 54 valence electrons. The third kappa shape index (κ3) is 1.04. The van der Waals surface area contributed by atoms with E-state index in [1.807, 2.05) is 0 Å². The molecule has 1 aromatic rings. The molecule has 3 heteroatoms. The van der Waals surface area contributed by atoms with E-state index in [0.29, 0.717) is 0 Å². The summed E-state index contributed by atoms with van der Waals surface area (Å²) in [7, 11) is 0. The largest absolute Gasteiger partial charge is 0.447 e. The third-order valence-corrected chi connectivity index (χ3v) is 1.81. The quantitative estimate of drug-likeness (QED) is 0.607. The first-order chi connectivity index (χ1) is 4.95. The highest BCUT2D eigenvalue weighted by Crippen LogP contribution is 2.10. The predicted molar refractivity (Wildman–Crippen MR) is 36.4 cm³/mol. The molecule has 2 rings (SSSR count). The van der Waals surface area contributed by atoms with Crippen LogP contribution in [0.2, 0.25) is 0 Å². The molecule has 0 unspecified atom stereocenters. The molecule has 0 bridgehead atoms. The zero-order chi connectivity index (χ0) is 6.81. The highest BCUT2D eigenvalue weighted by atomic mass is 16.3. The first-order valence-corrected chi connectivity index (χ1v) is 3.55. The Balaban J connectivity index is 1.90. The van der Waals surface area contributed by atoms with Crippen molar-refractivity contribution in [3.05, 3.63) is 18.4 Å². The summed E-state index contributed by atoms with van der Waals surface area (Å²) < 4.78 is 5.09. The normalized spacial score (nSPS) is 18.8. The number of nitrogens with zero attached hydrogens (tertiary/aromatic N) is 2. The Morgan fingerprint density at radius 1 is 1.60 bits per heavy atom. The molecule has 2 heterocycles. The van der Waals surface area contributed by atoms with Gasteiger partial charge in [0.1, 0.15) is 5.76 Å². The summed E-state index contributed by atoms with van der Waals surface area (Å²) in [6.07, 6.45) is 4.58. The summed E-state index contributed by atoms with van der Waals surface area (Å²) in [4.78, 5) is 6.17. The van der Waals surface area contributed by atoms with Gasteiger partial charge in [0, 0.05) is 0 Å². The first-order valence-electron chi connectivity index (χ1n) is 3.55. The zero-order valence-electron chi connectivity index (χ0n) is 5.79. The van der Waals surface area contributed by atoms with Crippen LogP contribution < -0.4 is 0 Å². The third-order valence-electron chi connectivity index (χ3n) is 1.81. The number of hydrogen-bond acceptors (Lipinski definition) is 3. The van der Waals surface area contributed by atoms with Crippen molar-refractivity contribution in [3.8, 4) is 0 Å². The minimum Gasteiger partial charge on any atom is -0.447 e. The minimum atomic E-state index is 0.931. The summed E-state index contributed by atoms with van der Waals surface area (Å²) in [5.41, 5.74) is 0. The van der Waals surface area contributed by atoms with Gasteiger partial charge in [0.2, 0.25) is 0 Å². The van der Waals surface area contributed by atoms with Gasteiger partial charge in [0.25, 0.3) is 0 Å². The molecule has 1 aromatic heterocycles. The highest BCUT2D eigenvalue weighted by Gasteiger charge is 2.14. The van der Waals surface area contributed by atoms with Crippen molar-refractivity contribution >= 4 is 0 Å². The average Bonchev–Trinajstić information content (AvgIpc) is 2.29. The maximum absolute atomic E-state index is 5.09. The number of likely N-dealkylation sites (tertiary alicyclic amines) is 1. The lowest BCUT2D eigenvalue weighted by Crippen LogP contribution is -2.36. The van der Waals surface area contributed by atoms with Crippen molar-refractivity contribution in [1.82, 2.24) is 9.88 Å². The summed E-state index contributed by atoms with van der Waals surface area (Å²) in [6, 6.07) is 0. The molecule has 1 saturated heterocycles. The van der Waals surface area contributed by atoms with E-state index in [-0.39, 0.29) is 0 Å². The van der Waals surface area contributed by atoms with Gasteiger partial charge in [-0.05, 0) is 19.5 Å². The van der Waals surface area contributed by atoms with Crippen LogP contribution in [0.25, 0.3) is 0 Å². The fraction of sp³-hybridized carbons (Fsp3) is 0.571. The molecule has 0 atom stereocenters. The van der Waals surface area contributed by atoms with Crippen LogP contribution in [0.1, 0.15) is 12.2 Å². The molecule has 0 aromatic carbocycles. The molecule has 0 N–H and O–H groups in total. The SMILES string of the molecule is c1ncc(CN2CCC2)o1. The van der Waals surface area contributed by atoms with Gasteiger partial charge in [-0.2, -0.15) is 0 Å². The maximum atomic E-state index is 5.09. The average molecular weight is 138 g/mol. The van der Waals surface area contributed by atoms with Gasteiger partial charge in [0.05, 0.1) is 12.7 Å². The van der Waals surface area contributed by atoms with Crippen molar-refractivity contribution in [2.75, 3.05) is 13.1 Å². The second-order valence-electron chi connectivity index (χ2n) is 2.60. The van der Waals surface area contributed by atoms with E-state index in [4.69, 9.17) is 4.42 Å². The van der Waals surface area contributed by atoms with E-state index in [1.54, 1.807) is 6.20 Å². The van der Waals surface area contributed by atoms with Crippen LogP contribution in [0.3, 0.4) is 0 Å². The van der Waals surface area contributed by atoms with Gasteiger partial charge in [0.15, 0.2) is 6.39 Å². The van der Waals surface area contributed by atoms with Gasteiger partial charge in [-0.25, -0.2) is 4.98 Å². The lowest BCUT2D eigenvalue weighted by Gasteiger charge is -2.29. The van der Waals surface area contributed by atoms with Gasteiger partial charge in [-0.3, -0.25) is 4.90 Å². The fourth-order valence-electron chi connectivity index (χ4n) is 1.08. The Hall–Kier alpha value is -0.830. The maximum Gasteiger partial charge on any atom is 0.180 e. The second-order valence-corrected chi connectivity index (χ2v) is 2.60. The molecule has 0 aliphatic carbocycles. The molecule has 1 fully saturated rings. The van der Waals surface area contributed by atoms with Gasteiger partial charge >= 0.3 is 0 Å². The molecule has 0 spiro atoms. The Labute approximate surface area is 59.7 Å². The number of oxazole rings is 1. The van der Waals surface area contributed by atoms with E-state index >= 15 is 0 Å². The van der Waals surface area contributed by atoms with Gasteiger partial charge < -0.3 is 4.42 Å². The van der Waals surface area contributed by atoms with Crippen LogP contribution in [-0.4, -0.2) is 23.0 Å². The first kappa shape index (κ1) is 5.92. The molecule has 0 amide bonds. The molecule has 0 saturated carbocycles. The topological polar surface area (TPSA) is 29.3 Å². The van der Waals surface area contributed by atoms with Crippen LogP contribution in [0.5, 0.6) is 0 Å². The van der Waals surface area contributed by atoms with Gasteiger partial charge in [-0.15, -0.1) is 0 Å². The Bertz CT molecular complexity index is 191. The van der Waals surface area contributed by atoms with Crippen molar-refractivity contribution in [2.24, 2.45) is 0 Å². The lowest BCUT2D eigenvalue weighted by atomic mass is 10.2. The van der Waals surface area contributed by atoms with E-state index in [9.17, 15) is 0 Å². The lowest BCUT2D eigenvalue weighted by molar-refractivity contribution is 0.159. The summed E-state index contributed by atoms with van der Waals surface area (Å²) >= 11 is 0. The minimum absolute atomic E-state index is 0.931. The van der Waals surface area contributed by atoms with E-state index in [1.165, 1.54) is 25.9 Å². The van der Waals surface area contributed by atoms with Crippen molar-refractivity contribution < 1.29 is 4.42 Å². The fourth-order valence-corrected chi connectivity index (χ4v) is 1.08.